The first kappa shape index (κ1) is 9.07. The van der Waals surface area contributed by atoms with Crippen molar-refractivity contribution in [2.45, 2.75) is 13.8 Å². The Labute approximate surface area is 85.2 Å². The fraction of sp³-hybridized carbons (Fsp3) is 0.231. The molecule has 1 nitrogen and oxygen atoms in total. The minimum absolute atomic E-state index is 0.874. The van der Waals surface area contributed by atoms with Crippen molar-refractivity contribution in [3.05, 3.63) is 53.1 Å². The molecular weight excluding hydrogens is 170 g/mol. The lowest BCUT2D eigenvalue weighted by molar-refractivity contribution is 0.987. The van der Waals surface area contributed by atoms with Crippen LogP contribution >= 0.6 is 0 Å². The standard InChI is InChI=1S/C13H14N/c1-10-6-5-7-12(11(10)2)13-8-3-4-9-14-13/h4-8,14H,9H2,1-2H3. The third-order valence-corrected chi connectivity index (χ3v) is 2.63. The van der Waals surface area contributed by atoms with E-state index in [1.54, 1.807) is 0 Å². The zero-order valence-corrected chi connectivity index (χ0v) is 8.59. The van der Waals surface area contributed by atoms with Crippen molar-refractivity contribution in [1.29, 1.82) is 0 Å². The Morgan fingerprint density at radius 3 is 2.86 bits per heavy atom. The second kappa shape index (κ2) is 3.70. The molecule has 0 unspecified atom stereocenters. The highest BCUT2D eigenvalue weighted by Crippen LogP contribution is 2.20. The van der Waals surface area contributed by atoms with Gasteiger partial charge >= 0.3 is 0 Å². The van der Waals surface area contributed by atoms with Gasteiger partial charge in [0.1, 0.15) is 0 Å². The van der Waals surface area contributed by atoms with Crippen molar-refractivity contribution >= 4 is 5.70 Å². The maximum Gasteiger partial charge on any atom is 0.0425 e. The zero-order valence-electron chi connectivity index (χ0n) is 8.59. The van der Waals surface area contributed by atoms with Crippen LogP contribution in [-0.4, -0.2) is 6.54 Å². The highest BCUT2D eigenvalue weighted by atomic mass is 14.9. The zero-order chi connectivity index (χ0) is 9.97. The number of allylic oxidation sites excluding steroid dienone is 2. The Kier molecular flexibility index (Phi) is 2.40. The summed E-state index contributed by atoms with van der Waals surface area (Å²) in [4.78, 5) is 0. The van der Waals surface area contributed by atoms with Crippen LogP contribution in [-0.2, 0) is 0 Å². The number of aryl methyl sites for hydroxylation is 1. The Morgan fingerprint density at radius 1 is 1.29 bits per heavy atom. The largest absolute Gasteiger partial charge is 0.381 e. The van der Waals surface area contributed by atoms with E-state index >= 15 is 0 Å². The molecule has 0 aromatic heterocycles. The van der Waals surface area contributed by atoms with Gasteiger partial charge in [-0.2, -0.15) is 0 Å². The minimum atomic E-state index is 0.874. The molecule has 0 bridgehead atoms. The predicted molar refractivity (Wildman–Crippen MR) is 59.7 cm³/mol. The molecule has 0 saturated heterocycles. The molecule has 71 valence electrons. The van der Waals surface area contributed by atoms with Crippen LogP contribution in [0.15, 0.2) is 30.4 Å². The van der Waals surface area contributed by atoms with E-state index in [-0.39, 0.29) is 0 Å². The molecule has 1 aliphatic heterocycles. The van der Waals surface area contributed by atoms with E-state index in [4.69, 9.17) is 0 Å². The number of dihydropyridines is 1. The molecular formula is C13H14N. The van der Waals surface area contributed by atoms with E-state index in [2.05, 4.69) is 43.4 Å². The maximum absolute atomic E-state index is 3.35. The smallest absolute Gasteiger partial charge is 0.0425 e. The summed E-state index contributed by atoms with van der Waals surface area (Å²) in [6.45, 7) is 5.17. The Hall–Kier alpha value is -1.50. The normalized spacial score (nSPS) is 14.9. The van der Waals surface area contributed by atoms with Gasteiger partial charge in [-0.3, -0.25) is 0 Å². The molecule has 0 atom stereocenters. The lowest BCUT2D eigenvalue weighted by Gasteiger charge is -2.15. The lowest BCUT2D eigenvalue weighted by atomic mass is 10.00. The van der Waals surface area contributed by atoms with Gasteiger partial charge in [0.15, 0.2) is 0 Å². The van der Waals surface area contributed by atoms with Crippen LogP contribution in [0.2, 0.25) is 0 Å². The molecule has 1 aromatic carbocycles. The predicted octanol–water partition coefficient (Wildman–Crippen LogP) is 2.61. The summed E-state index contributed by atoms with van der Waals surface area (Å²) in [5.41, 5.74) is 5.13. The molecule has 1 radical (unpaired) electrons. The summed E-state index contributed by atoms with van der Waals surface area (Å²) in [7, 11) is 0. The van der Waals surface area contributed by atoms with Gasteiger partial charge in [-0.15, -0.1) is 0 Å². The van der Waals surface area contributed by atoms with Crippen molar-refractivity contribution in [3.63, 3.8) is 0 Å². The summed E-state index contributed by atoms with van der Waals surface area (Å²) < 4.78 is 0. The van der Waals surface area contributed by atoms with Crippen LogP contribution in [0.4, 0.5) is 0 Å². The van der Waals surface area contributed by atoms with Gasteiger partial charge in [0.25, 0.3) is 0 Å². The molecule has 2 rings (SSSR count). The molecule has 1 heteroatoms. The van der Waals surface area contributed by atoms with Crippen molar-refractivity contribution in [3.8, 4) is 0 Å². The summed E-state index contributed by atoms with van der Waals surface area (Å²) in [6.07, 6.45) is 7.13. The van der Waals surface area contributed by atoms with E-state index in [0.29, 0.717) is 0 Å². The van der Waals surface area contributed by atoms with Gasteiger partial charge in [-0.1, -0.05) is 24.3 Å². The highest BCUT2D eigenvalue weighted by molar-refractivity contribution is 5.69. The molecule has 0 spiro atoms. The first-order valence-corrected chi connectivity index (χ1v) is 4.87. The van der Waals surface area contributed by atoms with Crippen molar-refractivity contribution in [1.82, 2.24) is 5.32 Å². The van der Waals surface area contributed by atoms with Crippen molar-refractivity contribution in [2.24, 2.45) is 0 Å². The molecule has 0 amide bonds. The van der Waals surface area contributed by atoms with Crippen LogP contribution in [0.3, 0.4) is 0 Å². The Bertz CT molecular complexity index is 400. The van der Waals surface area contributed by atoms with Crippen LogP contribution in [0, 0.1) is 19.9 Å². The first-order valence-electron chi connectivity index (χ1n) is 4.87. The van der Waals surface area contributed by atoms with E-state index < -0.39 is 0 Å². The third kappa shape index (κ3) is 1.58. The molecule has 14 heavy (non-hydrogen) atoms. The second-order valence-corrected chi connectivity index (χ2v) is 3.56. The van der Waals surface area contributed by atoms with Gasteiger partial charge in [0.2, 0.25) is 0 Å². The molecule has 1 aliphatic rings. The second-order valence-electron chi connectivity index (χ2n) is 3.56. The van der Waals surface area contributed by atoms with Crippen LogP contribution < -0.4 is 5.32 Å². The fourth-order valence-corrected chi connectivity index (χ4v) is 1.63. The SMILES string of the molecule is Cc1cccc(C2=C[C]=CCN2)c1C. The number of hydrogen-bond acceptors (Lipinski definition) is 1. The van der Waals surface area contributed by atoms with Crippen LogP contribution in [0.5, 0.6) is 0 Å². The number of rotatable bonds is 1. The summed E-state index contributed by atoms with van der Waals surface area (Å²) in [5.74, 6) is 0. The summed E-state index contributed by atoms with van der Waals surface area (Å²) >= 11 is 0. The minimum Gasteiger partial charge on any atom is -0.381 e. The monoisotopic (exact) mass is 184 g/mol. The lowest BCUT2D eigenvalue weighted by Crippen LogP contribution is -2.15. The van der Waals surface area contributed by atoms with Crippen LogP contribution in [0.1, 0.15) is 16.7 Å². The van der Waals surface area contributed by atoms with E-state index in [9.17, 15) is 0 Å². The summed E-state index contributed by atoms with van der Waals surface area (Å²) in [6, 6.07) is 6.38. The molecule has 0 fully saturated rings. The Balaban J connectivity index is 2.45. The molecule has 1 heterocycles. The van der Waals surface area contributed by atoms with Crippen molar-refractivity contribution < 1.29 is 0 Å². The average Bonchev–Trinajstić information content (AvgIpc) is 2.23. The van der Waals surface area contributed by atoms with E-state index in [1.165, 1.54) is 22.4 Å². The van der Waals surface area contributed by atoms with Crippen molar-refractivity contribution in [2.75, 3.05) is 6.54 Å². The fourth-order valence-electron chi connectivity index (χ4n) is 1.63. The van der Waals surface area contributed by atoms with Crippen LogP contribution in [0.25, 0.3) is 5.70 Å². The van der Waals surface area contributed by atoms with Gasteiger partial charge in [0, 0.05) is 17.8 Å². The first-order chi connectivity index (χ1) is 6.79. The number of benzene rings is 1. The van der Waals surface area contributed by atoms with Gasteiger partial charge in [-0.25, -0.2) is 0 Å². The Morgan fingerprint density at radius 2 is 2.14 bits per heavy atom. The molecule has 0 aliphatic carbocycles. The maximum atomic E-state index is 3.35. The van der Waals surface area contributed by atoms with Gasteiger partial charge < -0.3 is 5.32 Å². The molecule has 1 N–H and O–H groups in total. The molecule has 1 aromatic rings. The van der Waals surface area contributed by atoms with E-state index in [0.717, 1.165) is 6.54 Å². The van der Waals surface area contributed by atoms with Gasteiger partial charge in [-0.05, 0) is 37.1 Å². The topological polar surface area (TPSA) is 12.0 Å². The average molecular weight is 184 g/mol. The number of hydrogen-bond donors (Lipinski definition) is 1. The summed E-state index contributed by atoms with van der Waals surface area (Å²) in [5, 5.41) is 3.35. The third-order valence-electron chi connectivity index (χ3n) is 2.63. The quantitative estimate of drug-likeness (QED) is 0.707. The molecule has 0 saturated carbocycles. The van der Waals surface area contributed by atoms with E-state index in [1.807, 2.05) is 12.2 Å². The number of nitrogens with one attached hydrogen (secondary N) is 1. The highest BCUT2D eigenvalue weighted by Gasteiger charge is 2.06. The van der Waals surface area contributed by atoms with Gasteiger partial charge in [0.05, 0.1) is 0 Å².